The van der Waals surface area contributed by atoms with Crippen LogP contribution in [0.4, 0.5) is 9.93 Å². The number of benzene rings is 1. The highest BCUT2D eigenvalue weighted by molar-refractivity contribution is 8.14. The molecule has 1 N–H and O–H groups in total. The highest BCUT2D eigenvalue weighted by Gasteiger charge is 2.53. The highest BCUT2D eigenvalue weighted by atomic mass is 32.2. The molecule has 1 aliphatic heterocycles. The molecule has 4 saturated carbocycles. The SMILES string of the molecule is O=C(Nc1nnc(C23CC4CC(CC(C4)C2)C3)s1)c1cccc(CN2C(=O)CSC2=O)c1. The molecule has 3 amide bonds. The van der Waals surface area contributed by atoms with Crippen molar-refractivity contribution < 1.29 is 14.4 Å². The van der Waals surface area contributed by atoms with E-state index >= 15 is 0 Å². The number of nitrogens with zero attached hydrogens (tertiary/aromatic N) is 3. The maximum atomic E-state index is 12.9. The predicted molar refractivity (Wildman–Crippen MR) is 123 cm³/mol. The Hall–Kier alpha value is -2.26. The molecule has 7 nitrogen and oxygen atoms in total. The molecule has 0 radical (unpaired) electrons. The minimum atomic E-state index is -0.256. The third-order valence-corrected chi connectivity index (χ3v) is 9.45. The van der Waals surface area contributed by atoms with Crippen molar-refractivity contribution in [1.82, 2.24) is 15.1 Å². The number of carbonyl (C=O) groups is 3. The fraction of sp³-hybridized carbons (Fsp3) is 0.522. The summed E-state index contributed by atoms with van der Waals surface area (Å²) in [5, 5.41) is 13.1. The van der Waals surface area contributed by atoms with Gasteiger partial charge in [-0.15, -0.1) is 10.2 Å². The largest absolute Gasteiger partial charge is 0.296 e. The number of amides is 3. The molecule has 1 aromatic carbocycles. The van der Waals surface area contributed by atoms with E-state index in [1.165, 1.54) is 54.8 Å². The van der Waals surface area contributed by atoms with Gasteiger partial charge in [-0.2, -0.15) is 0 Å². The van der Waals surface area contributed by atoms with E-state index in [4.69, 9.17) is 0 Å². The molecule has 7 rings (SSSR count). The number of nitrogens with one attached hydrogen (secondary N) is 1. The molecular weight excluding hydrogens is 444 g/mol. The number of hydrogen-bond acceptors (Lipinski definition) is 7. The van der Waals surface area contributed by atoms with Gasteiger partial charge in [0.25, 0.3) is 11.1 Å². The predicted octanol–water partition coefficient (Wildman–Crippen LogP) is 4.45. The van der Waals surface area contributed by atoms with Gasteiger partial charge in [0.05, 0.1) is 12.3 Å². The molecule has 4 aliphatic carbocycles. The second kappa shape index (κ2) is 7.66. The quantitative estimate of drug-likeness (QED) is 0.697. The first kappa shape index (κ1) is 20.4. The minimum Gasteiger partial charge on any atom is -0.296 e. The Morgan fingerprint density at radius 3 is 2.47 bits per heavy atom. The number of rotatable bonds is 5. The normalized spacial score (nSPS) is 30.9. The fourth-order valence-electron chi connectivity index (χ4n) is 6.56. The molecule has 5 aliphatic rings. The number of thioether (sulfide) groups is 1. The van der Waals surface area contributed by atoms with Crippen molar-refractivity contribution in [2.45, 2.75) is 50.5 Å². The van der Waals surface area contributed by atoms with Gasteiger partial charge < -0.3 is 0 Å². The monoisotopic (exact) mass is 468 g/mol. The van der Waals surface area contributed by atoms with Crippen LogP contribution < -0.4 is 5.32 Å². The lowest BCUT2D eigenvalue weighted by atomic mass is 9.50. The summed E-state index contributed by atoms with van der Waals surface area (Å²) in [5.41, 5.74) is 1.39. The molecule has 4 bridgehead atoms. The van der Waals surface area contributed by atoms with Crippen LogP contribution in [-0.4, -0.2) is 37.9 Å². The van der Waals surface area contributed by atoms with Gasteiger partial charge in [-0.1, -0.05) is 35.2 Å². The van der Waals surface area contributed by atoms with Crippen molar-refractivity contribution in [3.8, 4) is 0 Å². The van der Waals surface area contributed by atoms with E-state index in [0.29, 0.717) is 10.7 Å². The van der Waals surface area contributed by atoms with Crippen LogP contribution in [0.25, 0.3) is 0 Å². The smallest absolute Gasteiger partial charge is 0.289 e. The van der Waals surface area contributed by atoms with E-state index in [1.807, 2.05) is 6.07 Å². The molecule has 1 aromatic heterocycles. The lowest BCUT2D eigenvalue weighted by Gasteiger charge is -2.55. The summed E-state index contributed by atoms with van der Waals surface area (Å²) in [5.74, 6) is 2.23. The standard InChI is InChI=1S/C23H24N4O3S2/c28-18-12-31-22(30)27(18)11-13-2-1-3-17(7-13)19(29)24-21-26-25-20(32-21)23-8-14-4-15(9-23)6-16(5-14)10-23/h1-3,7,14-16H,4-6,8-12H2,(H,24,26,29). The molecular formula is C23H24N4O3S2. The van der Waals surface area contributed by atoms with Gasteiger partial charge >= 0.3 is 0 Å². The van der Waals surface area contributed by atoms with Crippen molar-refractivity contribution in [2.24, 2.45) is 17.8 Å². The second-order valence-electron chi connectivity index (χ2n) is 9.80. The maximum absolute atomic E-state index is 12.9. The van der Waals surface area contributed by atoms with E-state index in [-0.39, 0.29) is 34.8 Å². The van der Waals surface area contributed by atoms with Crippen LogP contribution in [0.1, 0.15) is 59.5 Å². The summed E-state index contributed by atoms with van der Waals surface area (Å²) in [6.45, 7) is 0.181. The van der Waals surface area contributed by atoms with Crippen molar-refractivity contribution in [2.75, 3.05) is 11.1 Å². The zero-order valence-corrected chi connectivity index (χ0v) is 19.2. The van der Waals surface area contributed by atoms with Crippen LogP contribution in [0, 0.1) is 17.8 Å². The summed E-state index contributed by atoms with van der Waals surface area (Å²) in [4.78, 5) is 37.8. The van der Waals surface area contributed by atoms with Crippen LogP contribution in [0.5, 0.6) is 0 Å². The number of carbonyl (C=O) groups excluding carboxylic acids is 3. The van der Waals surface area contributed by atoms with Gasteiger partial charge in [0.15, 0.2) is 0 Å². The Bertz CT molecular complexity index is 1060. The van der Waals surface area contributed by atoms with Crippen molar-refractivity contribution in [3.63, 3.8) is 0 Å². The molecule has 2 heterocycles. The molecule has 5 fully saturated rings. The first-order valence-electron chi connectivity index (χ1n) is 11.2. The van der Waals surface area contributed by atoms with Crippen molar-refractivity contribution in [1.29, 1.82) is 0 Å². The van der Waals surface area contributed by atoms with Crippen LogP contribution in [0.2, 0.25) is 0 Å². The van der Waals surface area contributed by atoms with Crippen molar-refractivity contribution >= 4 is 45.3 Å². The van der Waals surface area contributed by atoms with Crippen LogP contribution >= 0.6 is 23.1 Å². The Balaban J connectivity index is 1.16. The van der Waals surface area contributed by atoms with E-state index in [0.717, 1.165) is 40.1 Å². The van der Waals surface area contributed by atoms with Crippen LogP contribution in [0.3, 0.4) is 0 Å². The first-order chi connectivity index (χ1) is 15.5. The molecule has 9 heteroatoms. The average molecular weight is 469 g/mol. The van der Waals surface area contributed by atoms with Gasteiger partial charge in [-0.05, 0) is 74.0 Å². The highest BCUT2D eigenvalue weighted by Crippen LogP contribution is 2.61. The summed E-state index contributed by atoms with van der Waals surface area (Å²) in [6.07, 6.45) is 7.80. The van der Waals surface area contributed by atoms with E-state index in [9.17, 15) is 14.4 Å². The lowest BCUT2D eigenvalue weighted by molar-refractivity contribution is -0.125. The molecule has 0 unspecified atom stereocenters. The number of aromatic nitrogens is 2. The first-order valence-corrected chi connectivity index (χ1v) is 13.0. The fourth-order valence-corrected chi connectivity index (χ4v) is 8.24. The summed E-state index contributed by atoms with van der Waals surface area (Å²) >= 11 is 2.53. The Morgan fingerprint density at radius 1 is 1.09 bits per heavy atom. The minimum absolute atomic E-state index is 0.169. The van der Waals surface area contributed by atoms with E-state index < -0.39 is 0 Å². The third-order valence-electron chi connectivity index (χ3n) is 7.51. The molecule has 32 heavy (non-hydrogen) atoms. The van der Waals surface area contributed by atoms with Gasteiger partial charge in [0.2, 0.25) is 11.0 Å². The topological polar surface area (TPSA) is 92.3 Å². The summed E-state index contributed by atoms with van der Waals surface area (Å²) < 4.78 is 0. The molecule has 2 aromatic rings. The average Bonchev–Trinajstić information content (AvgIpc) is 3.36. The Labute approximate surface area is 194 Å². The molecule has 0 spiro atoms. The Kier molecular flexibility index (Phi) is 4.87. The second-order valence-corrected chi connectivity index (χ2v) is 11.7. The van der Waals surface area contributed by atoms with Gasteiger partial charge in [-0.25, -0.2) is 0 Å². The van der Waals surface area contributed by atoms with Gasteiger partial charge in [-0.3, -0.25) is 24.6 Å². The number of anilines is 1. The number of hydrogen-bond donors (Lipinski definition) is 1. The Morgan fingerprint density at radius 2 is 1.81 bits per heavy atom. The lowest BCUT2D eigenvalue weighted by Crippen LogP contribution is -2.48. The zero-order valence-electron chi connectivity index (χ0n) is 17.6. The molecule has 1 saturated heterocycles. The van der Waals surface area contributed by atoms with Crippen LogP contribution in [0.15, 0.2) is 24.3 Å². The van der Waals surface area contributed by atoms with E-state index in [1.54, 1.807) is 18.2 Å². The molecule has 0 atom stereocenters. The summed E-state index contributed by atoms with van der Waals surface area (Å²) in [7, 11) is 0. The molecule has 166 valence electrons. The number of imide groups is 1. The third kappa shape index (κ3) is 3.55. The van der Waals surface area contributed by atoms with Crippen LogP contribution in [-0.2, 0) is 16.8 Å². The van der Waals surface area contributed by atoms with E-state index in [2.05, 4.69) is 15.5 Å². The maximum Gasteiger partial charge on any atom is 0.289 e. The van der Waals surface area contributed by atoms with Gasteiger partial charge in [0, 0.05) is 11.0 Å². The van der Waals surface area contributed by atoms with Crippen molar-refractivity contribution in [3.05, 3.63) is 40.4 Å². The zero-order chi connectivity index (χ0) is 21.9. The summed E-state index contributed by atoms with van der Waals surface area (Å²) in [6, 6.07) is 7.03. The van der Waals surface area contributed by atoms with Gasteiger partial charge in [0.1, 0.15) is 5.01 Å².